The molecule has 1 aliphatic heterocycles. The summed E-state index contributed by atoms with van der Waals surface area (Å²) in [4.78, 5) is 33.2. The molecule has 1 fully saturated rings. The first-order valence-electron chi connectivity index (χ1n) is 14.5. The lowest BCUT2D eigenvalue weighted by Crippen LogP contribution is -2.36. The zero-order valence-electron chi connectivity index (χ0n) is 23.5. The van der Waals surface area contributed by atoms with Gasteiger partial charge >= 0.3 is 0 Å². The van der Waals surface area contributed by atoms with Crippen LogP contribution in [0.15, 0.2) is 116 Å². The number of pyridine rings is 1. The maximum absolute atomic E-state index is 13.6. The summed E-state index contributed by atoms with van der Waals surface area (Å²) in [5.41, 5.74) is 4.90. The van der Waals surface area contributed by atoms with Gasteiger partial charge < -0.3 is 15.5 Å². The Morgan fingerprint density at radius 2 is 1.52 bits per heavy atom. The maximum Gasteiger partial charge on any atom is 0.255 e. The Bertz CT molecular complexity index is 1680. The molecule has 0 bridgehead atoms. The van der Waals surface area contributed by atoms with Crippen LogP contribution < -0.4 is 15.5 Å². The molecule has 6 nitrogen and oxygen atoms in total. The zero-order chi connectivity index (χ0) is 28.7. The molecule has 210 valence electrons. The second-order valence-corrected chi connectivity index (χ2v) is 10.9. The average molecular weight is 555 g/mol. The van der Waals surface area contributed by atoms with Crippen molar-refractivity contribution < 1.29 is 9.59 Å². The molecule has 4 aromatic carbocycles. The van der Waals surface area contributed by atoms with Gasteiger partial charge in [0.05, 0.1) is 5.56 Å². The SMILES string of the molecule is O=C(Nc1ccc(N2CCC(Cc3ccccc3)CC2)c(C(=O)NCc2cccnc2)c1)c1ccc2ccccc2c1. The van der Waals surface area contributed by atoms with Gasteiger partial charge in [-0.2, -0.15) is 0 Å². The van der Waals surface area contributed by atoms with Gasteiger partial charge in [-0.1, -0.05) is 66.7 Å². The van der Waals surface area contributed by atoms with Crippen LogP contribution in [0, 0.1) is 5.92 Å². The molecule has 1 aromatic heterocycles. The predicted molar refractivity (Wildman–Crippen MR) is 169 cm³/mol. The van der Waals surface area contributed by atoms with Gasteiger partial charge in [-0.15, -0.1) is 0 Å². The van der Waals surface area contributed by atoms with Crippen LogP contribution in [0.2, 0.25) is 0 Å². The van der Waals surface area contributed by atoms with Gasteiger partial charge in [0, 0.05) is 49.0 Å². The van der Waals surface area contributed by atoms with Crippen LogP contribution >= 0.6 is 0 Å². The van der Waals surface area contributed by atoms with Gasteiger partial charge in [0.2, 0.25) is 0 Å². The first-order chi connectivity index (χ1) is 20.6. The van der Waals surface area contributed by atoms with E-state index >= 15 is 0 Å². The van der Waals surface area contributed by atoms with E-state index in [-0.39, 0.29) is 11.8 Å². The fourth-order valence-electron chi connectivity index (χ4n) is 5.71. The van der Waals surface area contributed by atoms with Gasteiger partial charge in [0.25, 0.3) is 11.8 Å². The Balaban J connectivity index is 1.20. The minimum Gasteiger partial charge on any atom is -0.371 e. The third kappa shape index (κ3) is 6.50. The van der Waals surface area contributed by atoms with Crippen molar-refractivity contribution in [2.24, 2.45) is 5.92 Å². The molecule has 2 N–H and O–H groups in total. The summed E-state index contributed by atoms with van der Waals surface area (Å²) in [6, 6.07) is 33.7. The van der Waals surface area contributed by atoms with Gasteiger partial charge in [-0.05, 0) is 83.5 Å². The Morgan fingerprint density at radius 1 is 0.762 bits per heavy atom. The van der Waals surface area contributed by atoms with Gasteiger partial charge in [0.1, 0.15) is 0 Å². The van der Waals surface area contributed by atoms with Gasteiger partial charge in [-0.3, -0.25) is 14.6 Å². The van der Waals surface area contributed by atoms with Crippen molar-refractivity contribution in [1.29, 1.82) is 0 Å². The highest BCUT2D eigenvalue weighted by Gasteiger charge is 2.24. The predicted octanol–water partition coefficient (Wildman–Crippen LogP) is 6.88. The number of nitrogens with one attached hydrogen (secondary N) is 2. The molecule has 0 aliphatic carbocycles. The number of carbonyl (C=O) groups excluding carboxylic acids is 2. The van der Waals surface area contributed by atoms with Crippen molar-refractivity contribution in [2.75, 3.05) is 23.3 Å². The van der Waals surface area contributed by atoms with Crippen LogP contribution in [0.25, 0.3) is 10.8 Å². The van der Waals surface area contributed by atoms with Crippen LogP contribution in [0.3, 0.4) is 0 Å². The van der Waals surface area contributed by atoms with E-state index < -0.39 is 0 Å². The number of amides is 2. The van der Waals surface area contributed by atoms with E-state index in [1.54, 1.807) is 18.5 Å². The number of carbonyl (C=O) groups is 2. The quantitative estimate of drug-likeness (QED) is 0.219. The molecule has 1 aliphatic rings. The van der Waals surface area contributed by atoms with E-state index in [0.717, 1.165) is 54.4 Å². The van der Waals surface area contributed by atoms with Crippen LogP contribution in [-0.4, -0.2) is 29.9 Å². The second kappa shape index (κ2) is 12.7. The van der Waals surface area contributed by atoms with Crippen molar-refractivity contribution in [1.82, 2.24) is 10.3 Å². The fourth-order valence-corrected chi connectivity index (χ4v) is 5.71. The lowest BCUT2D eigenvalue weighted by molar-refractivity contribution is 0.0950. The smallest absolute Gasteiger partial charge is 0.255 e. The molecule has 1 saturated heterocycles. The standard InChI is InChI=1S/C36H34N4O2/c41-35(31-13-12-29-10-4-5-11-30(29)22-31)39-32-14-15-34(33(23-32)36(42)38-25-28-9-6-18-37-24-28)40-19-16-27(17-20-40)21-26-7-2-1-3-8-26/h1-15,18,22-24,27H,16-17,19-21,25H2,(H,38,42)(H,39,41). The summed E-state index contributed by atoms with van der Waals surface area (Å²) in [5, 5.41) is 8.15. The highest BCUT2D eigenvalue weighted by molar-refractivity contribution is 6.08. The van der Waals surface area contributed by atoms with E-state index in [1.165, 1.54) is 5.56 Å². The van der Waals surface area contributed by atoms with Crippen LogP contribution in [0.5, 0.6) is 0 Å². The molecule has 0 unspecified atom stereocenters. The summed E-state index contributed by atoms with van der Waals surface area (Å²) >= 11 is 0. The Hall–Kier alpha value is -4.97. The summed E-state index contributed by atoms with van der Waals surface area (Å²) in [6.45, 7) is 2.13. The van der Waals surface area contributed by atoms with E-state index in [0.29, 0.717) is 29.3 Å². The number of hydrogen-bond acceptors (Lipinski definition) is 4. The molecule has 2 amide bonds. The van der Waals surface area contributed by atoms with E-state index in [1.807, 2.05) is 66.7 Å². The van der Waals surface area contributed by atoms with Crippen molar-refractivity contribution in [3.63, 3.8) is 0 Å². The molecular formula is C36H34N4O2. The number of piperidine rings is 1. The molecule has 0 saturated carbocycles. The zero-order valence-corrected chi connectivity index (χ0v) is 23.5. The summed E-state index contributed by atoms with van der Waals surface area (Å²) in [5.74, 6) is 0.228. The Labute approximate surface area is 246 Å². The highest BCUT2D eigenvalue weighted by atomic mass is 16.2. The normalized spacial score (nSPS) is 13.6. The second-order valence-electron chi connectivity index (χ2n) is 10.9. The van der Waals surface area contributed by atoms with Crippen molar-refractivity contribution in [2.45, 2.75) is 25.8 Å². The molecule has 6 rings (SSSR count). The number of benzene rings is 4. The number of hydrogen-bond donors (Lipinski definition) is 2. The van der Waals surface area contributed by atoms with E-state index in [4.69, 9.17) is 0 Å². The third-order valence-corrected chi connectivity index (χ3v) is 8.01. The van der Waals surface area contributed by atoms with Crippen LogP contribution in [0.4, 0.5) is 11.4 Å². The molecule has 0 radical (unpaired) electrons. The summed E-state index contributed by atoms with van der Waals surface area (Å²) in [7, 11) is 0. The molecule has 2 heterocycles. The van der Waals surface area contributed by atoms with Gasteiger partial charge in [0.15, 0.2) is 0 Å². The number of rotatable bonds is 8. The largest absolute Gasteiger partial charge is 0.371 e. The van der Waals surface area contributed by atoms with Crippen LogP contribution in [-0.2, 0) is 13.0 Å². The maximum atomic E-state index is 13.6. The lowest BCUT2D eigenvalue weighted by Gasteiger charge is -2.35. The fraction of sp³-hybridized carbons (Fsp3) is 0.194. The first kappa shape index (κ1) is 27.2. The highest BCUT2D eigenvalue weighted by Crippen LogP contribution is 2.30. The van der Waals surface area contributed by atoms with Crippen molar-refractivity contribution >= 4 is 34.0 Å². The molecule has 5 aromatic rings. The number of nitrogens with zero attached hydrogens (tertiary/aromatic N) is 2. The first-order valence-corrected chi connectivity index (χ1v) is 14.5. The lowest BCUT2D eigenvalue weighted by atomic mass is 9.89. The molecule has 0 atom stereocenters. The van der Waals surface area contributed by atoms with E-state index in [9.17, 15) is 9.59 Å². The monoisotopic (exact) mass is 554 g/mol. The molecule has 0 spiro atoms. The minimum atomic E-state index is -0.211. The molecule has 42 heavy (non-hydrogen) atoms. The van der Waals surface area contributed by atoms with Gasteiger partial charge in [-0.25, -0.2) is 0 Å². The Morgan fingerprint density at radius 3 is 2.31 bits per heavy atom. The number of anilines is 2. The van der Waals surface area contributed by atoms with Crippen molar-refractivity contribution in [3.8, 4) is 0 Å². The summed E-state index contributed by atoms with van der Waals surface area (Å²) in [6.07, 6.45) is 6.66. The minimum absolute atomic E-state index is 0.179. The number of aromatic nitrogens is 1. The Kier molecular flexibility index (Phi) is 8.22. The van der Waals surface area contributed by atoms with Crippen LogP contribution in [0.1, 0.15) is 44.7 Å². The molecular weight excluding hydrogens is 520 g/mol. The topological polar surface area (TPSA) is 74.3 Å². The summed E-state index contributed by atoms with van der Waals surface area (Å²) < 4.78 is 0. The van der Waals surface area contributed by atoms with E-state index in [2.05, 4.69) is 50.8 Å². The third-order valence-electron chi connectivity index (χ3n) is 8.01. The average Bonchev–Trinajstić information content (AvgIpc) is 3.05. The number of fused-ring (bicyclic) bond motifs is 1. The van der Waals surface area contributed by atoms with Crippen molar-refractivity contribution in [3.05, 3.63) is 138 Å². The molecule has 6 heteroatoms.